The Balaban J connectivity index is 1.30. The number of hydrogen-bond donors (Lipinski definition) is 0. The second-order valence-corrected chi connectivity index (χ2v) is 11.2. The number of nitrogens with zero attached hydrogens (tertiary/aromatic N) is 5. The fourth-order valence-electron chi connectivity index (χ4n) is 6.54. The van der Waals surface area contributed by atoms with Crippen LogP contribution in [0.25, 0.3) is 10.8 Å². The molecular weight excluding hydrogens is 474 g/mol. The van der Waals surface area contributed by atoms with Crippen LogP contribution in [-0.4, -0.2) is 74.5 Å². The lowest BCUT2D eigenvalue weighted by molar-refractivity contribution is 0.172. The molecule has 3 aliphatic rings. The Morgan fingerprint density at radius 3 is 2.68 bits per heavy atom. The summed E-state index contributed by atoms with van der Waals surface area (Å²) in [6.07, 6.45) is 6.91. The maximum atomic E-state index is 6.33. The van der Waals surface area contributed by atoms with E-state index in [1.165, 1.54) is 47.7 Å². The smallest absolute Gasteiger partial charge is 0.318 e. The van der Waals surface area contributed by atoms with Crippen LogP contribution < -0.4 is 14.5 Å². The van der Waals surface area contributed by atoms with Gasteiger partial charge < -0.3 is 24.2 Å². The highest BCUT2D eigenvalue weighted by atomic mass is 16.5. The predicted molar refractivity (Wildman–Crippen MR) is 153 cm³/mol. The molecule has 0 spiro atoms. The van der Waals surface area contributed by atoms with Gasteiger partial charge in [-0.25, -0.2) is 0 Å². The fourth-order valence-corrected chi connectivity index (χ4v) is 6.54. The van der Waals surface area contributed by atoms with E-state index in [1.54, 1.807) is 7.11 Å². The molecule has 0 amide bonds. The van der Waals surface area contributed by atoms with Crippen LogP contribution in [0.4, 0.5) is 11.5 Å². The molecule has 0 saturated carbocycles. The molecule has 2 fully saturated rings. The third-order valence-corrected chi connectivity index (χ3v) is 8.76. The lowest BCUT2D eigenvalue weighted by Gasteiger charge is -2.37. The number of ether oxygens (including phenoxy) is 2. The number of rotatable bonds is 8. The van der Waals surface area contributed by atoms with Gasteiger partial charge in [-0.1, -0.05) is 36.4 Å². The zero-order chi connectivity index (χ0) is 25.9. The Morgan fingerprint density at radius 2 is 1.82 bits per heavy atom. The molecule has 202 valence electrons. The van der Waals surface area contributed by atoms with E-state index in [9.17, 15) is 0 Å². The zero-order valence-electron chi connectivity index (χ0n) is 22.9. The number of fused-ring (bicyclic) bond motifs is 2. The Bertz CT molecular complexity index is 1240. The quantitative estimate of drug-likeness (QED) is 0.422. The maximum Gasteiger partial charge on any atom is 0.318 e. The largest absolute Gasteiger partial charge is 0.462 e. The van der Waals surface area contributed by atoms with Crippen molar-refractivity contribution in [1.29, 1.82) is 0 Å². The van der Waals surface area contributed by atoms with Crippen molar-refractivity contribution in [3.05, 3.63) is 53.7 Å². The van der Waals surface area contributed by atoms with E-state index in [0.717, 1.165) is 63.7 Å². The molecule has 6 rings (SSSR count). The monoisotopic (exact) mass is 515 g/mol. The molecular formula is C31H41N5O2. The van der Waals surface area contributed by atoms with Crippen molar-refractivity contribution >= 4 is 22.3 Å². The van der Waals surface area contributed by atoms with Crippen LogP contribution in [0.2, 0.25) is 0 Å². The van der Waals surface area contributed by atoms with E-state index in [4.69, 9.17) is 19.4 Å². The number of benzene rings is 2. The first kappa shape index (κ1) is 25.4. The van der Waals surface area contributed by atoms with E-state index in [1.807, 2.05) is 0 Å². The molecule has 1 aromatic heterocycles. The standard InChI is InChI=1S/C31H41N5O2/c1-34-16-7-11-25(34)22-38-31-32-28-21-35(29-13-5-10-24-9-3-4-12-26(24)29)18-14-27(28)30(33-31)36-17-6-8-23(20-36)15-19-37-2/h3-5,9-10,12-13,23,25H,6-8,11,14-22H2,1-2H3/t23-,25-/m0/s1. The minimum Gasteiger partial charge on any atom is -0.462 e. The molecule has 2 aromatic carbocycles. The highest BCUT2D eigenvalue weighted by molar-refractivity contribution is 5.94. The minimum absolute atomic E-state index is 0.443. The Kier molecular flexibility index (Phi) is 7.65. The normalized spacial score (nSPS) is 22.2. The summed E-state index contributed by atoms with van der Waals surface area (Å²) < 4.78 is 11.7. The molecule has 4 heterocycles. The average molecular weight is 516 g/mol. The molecule has 0 unspecified atom stereocenters. The van der Waals surface area contributed by atoms with Gasteiger partial charge in [0, 0.05) is 56.0 Å². The summed E-state index contributed by atoms with van der Waals surface area (Å²) in [6, 6.07) is 16.3. The Labute approximate surface area is 226 Å². The summed E-state index contributed by atoms with van der Waals surface area (Å²) in [5, 5.41) is 2.57. The molecule has 0 bridgehead atoms. The number of anilines is 2. The second-order valence-electron chi connectivity index (χ2n) is 11.2. The van der Waals surface area contributed by atoms with Crippen LogP contribution >= 0.6 is 0 Å². The van der Waals surface area contributed by atoms with E-state index in [2.05, 4.69) is 64.2 Å². The van der Waals surface area contributed by atoms with Gasteiger partial charge in [-0.3, -0.25) is 0 Å². The number of likely N-dealkylation sites (N-methyl/N-ethyl adjacent to an activating group) is 1. The fraction of sp³-hybridized carbons (Fsp3) is 0.548. The van der Waals surface area contributed by atoms with Crippen molar-refractivity contribution in [2.24, 2.45) is 5.92 Å². The van der Waals surface area contributed by atoms with Crippen LogP contribution in [-0.2, 0) is 17.7 Å². The summed E-state index contributed by atoms with van der Waals surface area (Å²) in [6.45, 7) is 6.43. The molecule has 7 nitrogen and oxygen atoms in total. The second kappa shape index (κ2) is 11.5. The number of piperidine rings is 1. The molecule has 0 radical (unpaired) electrons. The topological polar surface area (TPSA) is 54.0 Å². The number of hydrogen-bond acceptors (Lipinski definition) is 7. The molecule has 3 aliphatic heterocycles. The van der Waals surface area contributed by atoms with Crippen LogP contribution in [0.1, 0.15) is 43.4 Å². The minimum atomic E-state index is 0.443. The number of likely N-dealkylation sites (tertiary alicyclic amines) is 1. The lowest BCUT2D eigenvalue weighted by atomic mass is 9.94. The maximum absolute atomic E-state index is 6.33. The summed E-state index contributed by atoms with van der Waals surface area (Å²) in [4.78, 5) is 17.5. The molecule has 2 saturated heterocycles. The average Bonchev–Trinajstić information content (AvgIpc) is 3.38. The molecule has 0 N–H and O–H groups in total. The van der Waals surface area contributed by atoms with Gasteiger partial charge in [-0.05, 0) is 69.5 Å². The van der Waals surface area contributed by atoms with E-state index < -0.39 is 0 Å². The highest BCUT2D eigenvalue weighted by Gasteiger charge is 2.30. The molecule has 2 atom stereocenters. The summed E-state index contributed by atoms with van der Waals surface area (Å²) in [5.74, 6) is 1.74. The van der Waals surface area contributed by atoms with Gasteiger partial charge >= 0.3 is 6.01 Å². The first-order valence-corrected chi connectivity index (χ1v) is 14.4. The van der Waals surface area contributed by atoms with Gasteiger partial charge in [0.05, 0.1) is 12.2 Å². The van der Waals surface area contributed by atoms with E-state index >= 15 is 0 Å². The van der Waals surface area contributed by atoms with Gasteiger partial charge in [0.15, 0.2) is 0 Å². The van der Waals surface area contributed by atoms with Crippen molar-refractivity contribution < 1.29 is 9.47 Å². The summed E-state index contributed by atoms with van der Waals surface area (Å²) in [7, 11) is 3.99. The lowest BCUT2D eigenvalue weighted by Crippen LogP contribution is -2.39. The highest BCUT2D eigenvalue weighted by Crippen LogP contribution is 2.35. The van der Waals surface area contributed by atoms with Gasteiger partial charge in [-0.15, -0.1) is 0 Å². The number of aromatic nitrogens is 2. The first-order chi connectivity index (χ1) is 18.7. The van der Waals surface area contributed by atoms with Crippen LogP contribution in [0.5, 0.6) is 6.01 Å². The Hall–Kier alpha value is -2.90. The van der Waals surface area contributed by atoms with Crippen molar-refractivity contribution in [3.63, 3.8) is 0 Å². The van der Waals surface area contributed by atoms with Crippen molar-refractivity contribution in [1.82, 2.24) is 14.9 Å². The van der Waals surface area contributed by atoms with Gasteiger partial charge in [0.1, 0.15) is 12.4 Å². The van der Waals surface area contributed by atoms with Gasteiger partial charge in [0.2, 0.25) is 0 Å². The molecule has 7 heteroatoms. The van der Waals surface area contributed by atoms with Gasteiger partial charge in [0.25, 0.3) is 0 Å². The third kappa shape index (κ3) is 5.32. The SMILES string of the molecule is COCC[C@@H]1CCCN(c2nc(OC[C@@H]3CCCN3C)nc3c2CCN(c2cccc4ccccc24)C3)C1. The number of methoxy groups -OCH3 is 1. The molecule has 38 heavy (non-hydrogen) atoms. The van der Waals surface area contributed by atoms with Crippen molar-refractivity contribution in [2.45, 2.75) is 51.1 Å². The van der Waals surface area contributed by atoms with E-state index in [0.29, 0.717) is 24.6 Å². The van der Waals surface area contributed by atoms with Crippen LogP contribution in [0.3, 0.4) is 0 Å². The Morgan fingerprint density at radius 1 is 0.947 bits per heavy atom. The first-order valence-electron chi connectivity index (χ1n) is 14.4. The molecule has 0 aliphatic carbocycles. The van der Waals surface area contributed by atoms with E-state index in [-0.39, 0.29) is 0 Å². The zero-order valence-corrected chi connectivity index (χ0v) is 22.9. The predicted octanol–water partition coefficient (Wildman–Crippen LogP) is 4.92. The summed E-state index contributed by atoms with van der Waals surface area (Å²) in [5.41, 5.74) is 3.70. The molecule has 3 aromatic rings. The van der Waals surface area contributed by atoms with Crippen molar-refractivity contribution in [2.75, 3.05) is 63.4 Å². The van der Waals surface area contributed by atoms with Crippen LogP contribution in [0, 0.1) is 5.92 Å². The summed E-state index contributed by atoms with van der Waals surface area (Å²) >= 11 is 0. The van der Waals surface area contributed by atoms with Gasteiger partial charge in [-0.2, -0.15) is 9.97 Å². The third-order valence-electron chi connectivity index (χ3n) is 8.76. The van der Waals surface area contributed by atoms with Crippen LogP contribution in [0.15, 0.2) is 42.5 Å². The van der Waals surface area contributed by atoms with Crippen molar-refractivity contribution in [3.8, 4) is 6.01 Å².